The van der Waals surface area contributed by atoms with E-state index in [1.165, 1.54) is 0 Å². The van der Waals surface area contributed by atoms with Crippen LogP contribution < -0.4 is 5.32 Å². The van der Waals surface area contributed by atoms with Gasteiger partial charge in [-0.25, -0.2) is 4.79 Å². The normalized spacial score (nSPS) is 19.7. The molecule has 0 aliphatic carbocycles. The van der Waals surface area contributed by atoms with Gasteiger partial charge in [0.2, 0.25) is 11.7 Å². The maximum absolute atomic E-state index is 12.9. The first-order valence-electron chi connectivity index (χ1n) is 8.15. The molecule has 4 rings (SSSR count). The third-order valence-electron chi connectivity index (χ3n) is 4.42. The average Bonchev–Trinajstić information content (AvgIpc) is 3.23. The molecule has 0 bridgehead atoms. The SMILES string of the molecule is C[C@]1(c2ccccc2)NC(=O)N(Cc2nc(-c3ccccc3)no2)C1=O. The summed E-state index contributed by atoms with van der Waals surface area (Å²) in [6, 6.07) is 18.0. The molecule has 26 heavy (non-hydrogen) atoms. The average molecular weight is 348 g/mol. The number of carbonyl (C=O) groups excluding carboxylic acids is 2. The fraction of sp³-hybridized carbons (Fsp3) is 0.158. The molecule has 1 aromatic heterocycles. The zero-order chi connectivity index (χ0) is 18.1. The highest BCUT2D eigenvalue weighted by Crippen LogP contribution is 2.29. The molecule has 2 aromatic carbocycles. The summed E-state index contributed by atoms with van der Waals surface area (Å²) in [4.78, 5) is 30.6. The summed E-state index contributed by atoms with van der Waals surface area (Å²) < 4.78 is 5.22. The van der Waals surface area contributed by atoms with Crippen LogP contribution in [-0.4, -0.2) is 27.0 Å². The highest BCUT2D eigenvalue weighted by atomic mass is 16.5. The number of nitrogens with one attached hydrogen (secondary N) is 1. The van der Waals surface area contributed by atoms with E-state index in [4.69, 9.17) is 4.52 Å². The van der Waals surface area contributed by atoms with E-state index in [9.17, 15) is 9.59 Å². The van der Waals surface area contributed by atoms with Crippen LogP contribution in [0.5, 0.6) is 0 Å². The van der Waals surface area contributed by atoms with Crippen molar-refractivity contribution >= 4 is 11.9 Å². The summed E-state index contributed by atoms with van der Waals surface area (Å²) >= 11 is 0. The van der Waals surface area contributed by atoms with Crippen molar-refractivity contribution < 1.29 is 14.1 Å². The molecule has 1 N–H and O–H groups in total. The van der Waals surface area contributed by atoms with Gasteiger partial charge in [-0.2, -0.15) is 4.98 Å². The second-order valence-corrected chi connectivity index (χ2v) is 6.19. The Kier molecular flexibility index (Phi) is 3.76. The topological polar surface area (TPSA) is 88.3 Å². The van der Waals surface area contributed by atoms with Crippen LogP contribution in [0.1, 0.15) is 18.4 Å². The Morgan fingerprint density at radius 2 is 1.69 bits per heavy atom. The molecule has 1 saturated heterocycles. The molecule has 0 saturated carbocycles. The summed E-state index contributed by atoms with van der Waals surface area (Å²) in [6.07, 6.45) is 0. The molecule has 1 atom stereocenters. The Bertz CT molecular complexity index is 955. The first-order valence-corrected chi connectivity index (χ1v) is 8.15. The number of aromatic nitrogens is 2. The molecule has 3 aromatic rings. The van der Waals surface area contributed by atoms with Gasteiger partial charge in [-0.3, -0.25) is 9.69 Å². The highest BCUT2D eigenvalue weighted by molar-refractivity contribution is 6.07. The molecule has 130 valence electrons. The minimum Gasteiger partial charge on any atom is -0.337 e. The van der Waals surface area contributed by atoms with Crippen LogP contribution in [0.3, 0.4) is 0 Å². The number of nitrogens with zero attached hydrogens (tertiary/aromatic N) is 3. The predicted molar refractivity (Wildman–Crippen MR) is 92.6 cm³/mol. The molecule has 7 nitrogen and oxygen atoms in total. The number of rotatable bonds is 4. The van der Waals surface area contributed by atoms with Gasteiger partial charge >= 0.3 is 6.03 Å². The van der Waals surface area contributed by atoms with E-state index in [2.05, 4.69) is 15.5 Å². The van der Waals surface area contributed by atoms with Gasteiger partial charge in [-0.15, -0.1) is 0 Å². The number of benzene rings is 2. The molecule has 1 fully saturated rings. The highest BCUT2D eigenvalue weighted by Gasteiger charge is 2.49. The first kappa shape index (κ1) is 16.0. The summed E-state index contributed by atoms with van der Waals surface area (Å²) in [6.45, 7) is 1.61. The lowest BCUT2D eigenvalue weighted by atomic mass is 9.92. The number of urea groups is 1. The standard InChI is InChI=1S/C19H16N4O3/c1-19(14-10-6-3-7-11-14)17(24)23(18(25)21-19)12-15-20-16(22-26-15)13-8-4-2-5-9-13/h2-11H,12H2,1H3,(H,21,25)/t19-/m1/s1. The van der Waals surface area contributed by atoms with Crippen molar-refractivity contribution in [3.63, 3.8) is 0 Å². The molecule has 0 radical (unpaired) electrons. The number of carbonyl (C=O) groups is 2. The molecule has 3 amide bonds. The number of amides is 3. The predicted octanol–water partition coefficient (Wildman–Crippen LogP) is 2.70. The summed E-state index contributed by atoms with van der Waals surface area (Å²) in [5, 5.41) is 6.67. The third kappa shape index (κ3) is 2.63. The largest absolute Gasteiger partial charge is 0.337 e. The molecule has 0 spiro atoms. The summed E-state index contributed by atoms with van der Waals surface area (Å²) in [5.41, 5.74) is 0.408. The lowest BCUT2D eigenvalue weighted by Gasteiger charge is -2.21. The molecular weight excluding hydrogens is 332 g/mol. The van der Waals surface area contributed by atoms with Gasteiger partial charge in [-0.1, -0.05) is 65.8 Å². The van der Waals surface area contributed by atoms with Gasteiger partial charge in [0, 0.05) is 5.56 Å². The molecule has 2 heterocycles. The maximum Gasteiger partial charge on any atom is 0.325 e. The van der Waals surface area contributed by atoms with Gasteiger partial charge in [0.25, 0.3) is 5.91 Å². The fourth-order valence-corrected chi connectivity index (χ4v) is 2.97. The Balaban J connectivity index is 1.57. The lowest BCUT2D eigenvalue weighted by molar-refractivity contribution is -0.131. The van der Waals surface area contributed by atoms with E-state index in [0.29, 0.717) is 5.82 Å². The fourth-order valence-electron chi connectivity index (χ4n) is 2.97. The molecular formula is C19H16N4O3. The van der Waals surface area contributed by atoms with Crippen molar-refractivity contribution in [2.45, 2.75) is 19.0 Å². The second-order valence-electron chi connectivity index (χ2n) is 6.19. The van der Waals surface area contributed by atoms with Crippen molar-refractivity contribution in [1.29, 1.82) is 0 Å². The Labute approximate surface area is 149 Å². The Hall–Kier alpha value is -3.48. The lowest BCUT2D eigenvalue weighted by Crippen LogP contribution is -2.40. The number of imide groups is 1. The Morgan fingerprint density at radius 1 is 1.04 bits per heavy atom. The van der Waals surface area contributed by atoms with E-state index < -0.39 is 11.6 Å². The summed E-state index contributed by atoms with van der Waals surface area (Å²) in [5.74, 6) is 0.260. The van der Waals surface area contributed by atoms with E-state index in [0.717, 1.165) is 16.0 Å². The quantitative estimate of drug-likeness (QED) is 0.732. The van der Waals surface area contributed by atoms with Gasteiger partial charge in [0.05, 0.1) is 0 Å². The van der Waals surface area contributed by atoms with Crippen LogP contribution in [0, 0.1) is 0 Å². The van der Waals surface area contributed by atoms with Crippen LogP contribution in [0.2, 0.25) is 0 Å². The number of hydrogen-bond donors (Lipinski definition) is 1. The minimum absolute atomic E-state index is 0.0765. The van der Waals surface area contributed by atoms with Crippen molar-refractivity contribution in [3.8, 4) is 11.4 Å². The van der Waals surface area contributed by atoms with E-state index in [1.54, 1.807) is 6.92 Å². The van der Waals surface area contributed by atoms with Gasteiger partial charge in [0.1, 0.15) is 12.1 Å². The minimum atomic E-state index is -1.11. The number of hydrogen-bond acceptors (Lipinski definition) is 5. The third-order valence-corrected chi connectivity index (χ3v) is 4.42. The van der Waals surface area contributed by atoms with Gasteiger partial charge in [0.15, 0.2) is 0 Å². The van der Waals surface area contributed by atoms with Crippen molar-refractivity contribution in [2.75, 3.05) is 0 Å². The first-order chi connectivity index (χ1) is 12.6. The van der Waals surface area contributed by atoms with Crippen molar-refractivity contribution in [3.05, 3.63) is 72.1 Å². The van der Waals surface area contributed by atoms with Crippen molar-refractivity contribution in [2.24, 2.45) is 0 Å². The molecule has 1 aliphatic rings. The van der Waals surface area contributed by atoms with Crippen molar-refractivity contribution in [1.82, 2.24) is 20.4 Å². The van der Waals surface area contributed by atoms with Crippen LogP contribution in [0.25, 0.3) is 11.4 Å². The smallest absolute Gasteiger partial charge is 0.325 e. The second kappa shape index (κ2) is 6.11. The zero-order valence-electron chi connectivity index (χ0n) is 14.0. The molecule has 7 heteroatoms. The summed E-state index contributed by atoms with van der Waals surface area (Å²) in [7, 11) is 0. The maximum atomic E-state index is 12.9. The van der Waals surface area contributed by atoms with E-state index in [-0.39, 0.29) is 18.3 Å². The molecule has 1 aliphatic heterocycles. The molecule has 0 unspecified atom stereocenters. The Morgan fingerprint density at radius 3 is 2.38 bits per heavy atom. The van der Waals surface area contributed by atoms with Crippen LogP contribution in [0.15, 0.2) is 65.2 Å². The monoisotopic (exact) mass is 348 g/mol. The van der Waals surface area contributed by atoms with Crippen LogP contribution >= 0.6 is 0 Å². The zero-order valence-corrected chi connectivity index (χ0v) is 14.0. The van der Waals surface area contributed by atoms with Crippen LogP contribution in [-0.2, 0) is 16.9 Å². The van der Waals surface area contributed by atoms with Gasteiger partial charge < -0.3 is 9.84 Å². The van der Waals surface area contributed by atoms with E-state index in [1.807, 2.05) is 60.7 Å². The van der Waals surface area contributed by atoms with Crippen LogP contribution in [0.4, 0.5) is 4.79 Å². The van der Waals surface area contributed by atoms with Gasteiger partial charge in [-0.05, 0) is 12.5 Å². The van der Waals surface area contributed by atoms with E-state index >= 15 is 0 Å².